The largest absolute Gasteiger partial charge is 0.508 e. The molecule has 2 aromatic carbocycles. The fraction of sp³-hybridized carbons (Fsp3) is 0.467. The highest BCUT2D eigenvalue weighted by Gasteiger charge is 2.28. The molecule has 0 saturated heterocycles. The lowest BCUT2D eigenvalue weighted by Gasteiger charge is -2.23. The van der Waals surface area contributed by atoms with Crippen molar-refractivity contribution in [3.8, 4) is 5.75 Å². The number of hydrogen-bond acceptors (Lipinski definition) is 7. The van der Waals surface area contributed by atoms with Crippen molar-refractivity contribution in [2.24, 2.45) is 0 Å². The molecule has 11 heteroatoms. The van der Waals surface area contributed by atoms with Crippen LogP contribution in [0.1, 0.15) is 62.3 Å². The average molecular weight is 572 g/mol. The zero-order valence-corrected chi connectivity index (χ0v) is 24.3. The number of carbonyl (C=O) groups excluding carboxylic acids is 3. The molecule has 0 aliphatic carbocycles. The number of aryl methyl sites for hydroxylation is 2. The van der Waals surface area contributed by atoms with Gasteiger partial charge in [0.05, 0.1) is 0 Å². The van der Waals surface area contributed by atoms with Crippen LogP contribution in [-0.2, 0) is 32.1 Å². The number of carbonyl (C=O) groups is 4. The quantitative estimate of drug-likeness (QED) is 0.224. The van der Waals surface area contributed by atoms with Gasteiger partial charge in [-0.3, -0.25) is 4.79 Å². The van der Waals surface area contributed by atoms with E-state index in [1.165, 1.54) is 0 Å². The zero-order chi connectivity index (χ0) is 30.6. The summed E-state index contributed by atoms with van der Waals surface area (Å²) in [6.45, 7) is 9.08. The number of benzene rings is 2. The van der Waals surface area contributed by atoms with Crippen molar-refractivity contribution < 1.29 is 38.9 Å². The maximum absolute atomic E-state index is 13.3. The smallest absolute Gasteiger partial charge is 0.408 e. The second kappa shape index (κ2) is 15.5. The van der Waals surface area contributed by atoms with Gasteiger partial charge in [0.25, 0.3) is 0 Å². The van der Waals surface area contributed by atoms with Crippen molar-refractivity contribution in [2.45, 2.75) is 84.6 Å². The summed E-state index contributed by atoms with van der Waals surface area (Å²) in [5.74, 6) is -1.83. The van der Waals surface area contributed by atoms with Gasteiger partial charge >= 0.3 is 18.2 Å². The highest BCUT2D eigenvalue weighted by atomic mass is 16.6. The van der Waals surface area contributed by atoms with E-state index in [1.807, 2.05) is 18.2 Å². The van der Waals surface area contributed by atoms with Gasteiger partial charge in [-0.05, 0) is 88.3 Å². The van der Waals surface area contributed by atoms with Crippen LogP contribution in [0.2, 0.25) is 0 Å². The summed E-state index contributed by atoms with van der Waals surface area (Å²) in [5, 5.41) is 27.3. The van der Waals surface area contributed by atoms with Crippen molar-refractivity contribution in [1.29, 1.82) is 0 Å². The molecule has 41 heavy (non-hydrogen) atoms. The molecule has 0 spiro atoms. The van der Waals surface area contributed by atoms with Crippen LogP contribution in [0.5, 0.6) is 5.75 Å². The van der Waals surface area contributed by atoms with Crippen LogP contribution in [0.4, 0.5) is 9.59 Å². The van der Waals surface area contributed by atoms with E-state index in [1.54, 1.807) is 58.9 Å². The first-order valence-electron chi connectivity index (χ1n) is 13.5. The third kappa shape index (κ3) is 12.2. The molecule has 0 aliphatic rings. The van der Waals surface area contributed by atoms with Gasteiger partial charge in [0.15, 0.2) is 0 Å². The van der Waals surface area contributed by atoms with Crippen molar-refractivity contribution >= 4 is 24.1 Å². The summed E-state index contributed by atoms with van der Waals surface area (Å²) in [6, 6.07) is 9.79. The summed E-state index contributed by atoms with van der Waals surface area (Å²) >= 11 is 0. The minimum atomic E-state index is -1.22. The monoisotopic (exact) mass is 571 g/mol. The number of carboxylic acids is 1. The number of phenolic OH excluding ortho intramolecular Hbond substituents is 1. The Bertz CT molecular complexity index is 1170. The Hall–Kier alpha value is -4.28. The van der Waals surface area contributed by atoms with Gasteiger partial charge < -0.3 is 35.6 Å². The summed E-state index contributed by atoms with van der Waals surface area (Å²) in [4.78, 5) is 49.6. The predicted octanol–water partition coefficient (Wildman–Crippen LogP) is 4.11. The molecule has 2 atom stereocenters. The lowest BCUT2D eigenvalue weighted by atomic mass is 9.95. The molecule has 224 valence electrons. The zero-order valence-electron chi connectivity index (χ0n) is 24.3. The van der Waals surface area contributed by atoms with Gasteiger partial charge in [0, 0.05) is 13.0 Å². The molecule has 2 rings (SSSR count). The lowest BCUT2D eigenvalue weighted by molar-refractivity contribution is -0.142. The van der Waals surface area contributed by atoms with Crippen molar-refractivity contribution in [3.63, 3.8) is 0 Å². The summed E-state index contributed by atoms with van der Waals surface area (Å²) in [5.41, 5.74) is 2.30. The van der Waals surface area contributed by atoms with Gasteiger partial charge in [0.2, 0.25) is 5.91 Å². The fourth-order valence-electron chi connectivity index (χ4n) is 4.12. The predicted molar refractivity (Wildman–Crippen MR) is 152 cm³/mol. The number of aliphatic carboxylic acids is 1. The molecule has 0 bridgehead atoms. The number of rotatable bonds is 13. The second-order valence-electron chi connectivity index (χ2n) is 10.8. The van der Waals surface area contributed by atoms with Crippen molar-refractivity contribution in [3.05, 3.63) is 64.7 Å². The van der Waals surface area contributed by atoms with Gasteiger partial charge in [0.1, 0.15) is 30.0 Å². The minimum Gasteiger partial charge on any atom is -0.508 e. The second-order valence-corrected chi connectivity index (χ2v) is 10.8. The first-order chi connectivity index (χ1) is 19.2. The average Bonchev–Trinajstić information content (AvgIpc) is 2.87. The van der Waals surface area contributed by atoms with Gasteiger partial charge in [-0.25, -0.2) is 14.4 Å². The third-order valence-corrected chi connectivity index (χ3v) is 6.11. The highest BCUT2D eigenvalue weighted by Crippen LogP contribution is 2.22. The molecule has 11 nitrogen and oxygen atoms in total. The highest BCUT2D eigenvalue weighted by molar-refractivity contribution is 5.89. The molecule has 0 radical (unpaired) electrons. The molecule has 0 fully saturated rings. The first kappa shape index (κ1) is 32.9. The summed E-state index contributed by atoms with van der Waals surface area (Å²) in [7, 11) is 0. The maximum atomic E-state index is 13.3. The lowest BCUT2D eigenvalue weighted by Crippen LogP contribution is -2.52. The number of aromatic hydroxyl groups is 1. The molecule has 0 aliphatic heterocycles. The molecule has 0 aromatic heterocycles. The van der Waals surface area contributed by atoms with Crippen LogP contribution in [-0.4, -0.2) is 58.5 Å². The molecule has 3 amide bonds. The van der Waals surface area contributed by atoms with E-state index in [2.05, 4.69) is 16.0 Å². The van der Waals surface area contributed by atoms with E-state index in [0.717, 1.165) is 11.1 Å². The van der Waals surface area contributed by atoms with Crippen LogP contribution >= 0.6 is 0 Å². The molecule has 5 N–H and O–H groups in total. The van der Waals surface area contributed by atoms with E-state index in [9.17, 15) is 29.4 Å². The van der Waals surface area contributed by atoms with Crippen LogP contribution in [0.25, 0.3) is 0 Å². The summed E-state index contributed by atoms with van der Waals surface area (Å²) < 4.78 is 10.5. The number of phenols is 1. The van der Waals surface area contributed by atoms with Crippen LogP contribution in [0.15, 0.2) is 42.5 Å². The van der Waals surface area contributed by atoms with E-state index < -0.39 is 41.7 Å². The Morgan fingerprint density at radius 3 is 2.12 bits per heavy atom. The normalized spacial score (nSPS) is 12.5. The maximum Gasteiger partial charge on any atom is 0.408 e. The van der Waals surface area contributed by atoms with Gasteiger partial charge in [-0.15, -0.1) is 0 Å². The Morgan fingerprint density at radius 1 is 0.902 bits per heavy atom. The molecular weight excluding hydrogens is 530 g/mol. The van der Waals surface area contributed by atoms with Crippen molar-refractivity contribution in [1.82, 2.24) is 16.0 Å². The van der Waals surface area contributed by atoms with E-state index in [0.29, 0.717) is 24.0 Å². The molecule has 0 saturated carbocycles. The van der Waals surface area contributed by atoms with Crippen molar-refractivity contribution in [2.75, 3.05) is 6.54 Å². The SMILES string of the molecule is Cc1cc(O)cc(C)c1C[C@@H](NC(=O)OCc1ccccc1)C(=O)NC(CCCCNC(=O)OC(C)(C)C)C(=O)O. The first-order valence-corrected chi connectivity index (χ1v) is 13.5. The minimum absolute atomic E-state index is 0.00659. The van der Waals surface area contributed by atoms with E-state index in [-0.39, 0.29) is 31.7 Å². The fourth-order valence-corrected chi connectivity index (χ4v) is 4.12. The summed E-state index contributed by atoms with van der Waals surface area (Å²) in [6.07, 6.45) is -0.356. The Balaban J connectivity index is 2.05. The molecule has 0 heterocycles. The Labute approximate surface area is 240 Å². The number of carboxylic acid groups (broad SMARTS) is 1. The van der Waals surface area contributed by atoms with E-state index in [4.69, 9.17) is 9.47 Å². The standard InChI is InChI=1S/C30H41N3O8/c1-19-15-22(34)16-20(2)23(19)17-25(33-29(39)40-18-21-11-7-6-8-12-21)26(35)32-24(27(36)37)13-9-10-14-31-28(38)41-30(3,4)5/h6-8,11-12,15-16,24-25,34H,9-10,13-14,17-18H2,1-5H3,(H,31,38)(H,32,35)(H,33,39)(H,36,37)/t24?,25-/m1/s1. The number of amides is 3. The van der Waals surface area contributed by atoms with Crippen LogP contribution < -0.4 is 16.0 Å². The third-order valence-electron chi connectivity index (χ3n) is 6.11. The number of nitrogens with one attached hydrogen (secondary N) is 3. The van der Waals surface area contributed by atoms with Crippen LogP contribution in [0.3, 0.4) is 0 Å². The molecule has 2 aromatic rings. The number of hydrogen-bond donors (Lipinski definition) is 5. The number of unbranched alkanes of at least 4 members (excludes halogenated alkanes) is 1. The topological polar surface area (TPSA) is 163 Å². The molecular formula is C30H41N3O8. The Kier molecular flexibility index (Phi) is 12.4. The van der Waals surface area contributed by atoms with Gasteiger partial charge in [-0.1, -0.05) is 30.3 Å². The number of ether oxygens (including phenoxy) is 2. The Morgan fingerprint density at radius 2 is 1.54 bits per heavy atom. The molecule has 1 unspecified atom stereocenters. The van der Waals surface area contributed by atoms with Crippen LogP contribution in [0, 0.1) is 13.8 Å². The number of alkyl carbamates (subject to hydrolysis) is 2. The van der Waals surface area contributed by atoms with Gasteiger partial charge in [-0.2, -0.15) is 0 Å². The van der Waals surface area contributed by atoms with E-state index >= 15 is 0 Å².